The van der Waals surface area contributed by atoms with Crippen LogP contribution in [0.2, 0.25) is 0 Å². The zero-order valence-corrected chi connectivity index (χ0v) is 8.92. The quantitative estimate of drug-likeness (QED) is 0.560. The van der Waals surface area contributed by atoms with Crippen molar-refractivity contribution < 1.29 is 9.47 Å². The summed E-state index contributed by atoms with van der Waals surface area (Å²) in [5, 5.41) is 0. The van der Waals surface area contributed by atoms with E-state index in [2.05, 4.69) is 6.92 Å². The van der Waals surface area contributed by atoms with E-state index in [1.807, 2.05) is 0 Å². The highest BCUT2D eigenvalue weighted by Crippen LogP contribution is 1.98. The van der Waals surface area contributed by atoms with E-state index in [1.54, 1.807) is 7.11 Å². The van der Waals surface area contributed by atoms with Crippen LogP contribution in [0, 0.1) is 0 Å². The number of hydrogen-bond donors (Lipinski definition) is 1. The summed E-state index contributed by atoms with van der Waals surface area (Å²) in [5.41, 5.74) is 5.68. The molecule has 1 unspecified atom stereocenters. The van der Waals surface area contributed by atoms with Crippen LogP contribution >= 0.6 is 0 Å². The van der Waals surface area contributed by atoms with Gasteiger partial charge in [-0.1, -0.05) is 26.2 Å². The third-order valence-electron chi connectivity index (χ3n) is 1.85. The maximum absolute atomic E-state index is 5.68. The van der Waals surface area contributed by atoms with Crippen LogP contribution in [0.4, 0.5) is 0 Å². The number of rotatable bonds is 9. The molecule has 13 heavy (non-hydrogen) atoms. The molecule has 0 bridgehead atoms. The molecular weight excluding hydrogens is 166 g/mol. The van der Waals surface area contributed by atoms with Gasteiger partial charge in [-0.05, 0) is 6.42 Å². The van der Waals surface area contributed by atoms with Gasteiger partial charge in [0.15, 0.2) is 0 Å². The predicted molar refractivity (Wildman–Crippen MR) is 54.8 cm³/mol. The van der Waals surface area contributed by atoms with Crippen molar-refractivity contribution in [3.8, 4) is 0 Å². The Hall–Kier alpha value is -0.120. The number of ether oxygens (including phenoxy) is 2. The molecule has 1 atom stereocenters. The van der Waals surface area contributed by atoms with E-state index in [-0.39, 0.29) is 6.04 Å². The molecule has 0 aliphatic heterocycles. The summed E-state index contributed by atoms with van der Waals surface area (Å²) >= 11 is 0. The van der Waals surface area contributed by atoms with Crippen LogP contribution < -0.4 is 5.73 Å². The lowest BCUT2D eigenvalue weighted by Gasteiger charge is -2.10. The summed E-state index contributed by atoms with van der Waals surface area (Å²) in [5.74, 6) is 0. The highest BCUT2D eigenvalue weighted by Gasteiger charge is 2.00. The van der Waals surface area contributed by atoms with Crippen LogP contribution in [0.1, 0.15) is 32.6 Å². The molecule has 0 heterocycles. The fourth-order valence-corrected chi connectivity index (χ4v) is 1.13. The molecule has 3 heteroatoms. The highest BCUT2D eigenvalue weighted by atomic mass is 16.5. The second-order valence-corrected chi connectivity index (χ2v) is 3.35. The van der Waals surface area contributed by atoms with Crippen LogP contribution in [0.25, 0.3) is 0 Å². The van der Waals surface area contributed by atoms with Gasteiger partial charge in [-0.2, -0.15) is 0 Å². The number of nitrogens with two attached hydrogens (primary N) is 1. The van der Waals surface area contributed by atoms with Crippen molar-refractivity contribution in [2.75, 3.05) is 26.9 Å². The summed E-state index contributed by atoms with van der Waals surface area (Å²) in [6.07, 6.45) is 4.97. The molecule has 0 aromatic rings. The molecule has 3 nitrogen and oxygen atoms in total. The molecule has 0 aliphatic rings. The zero-order chi connectivity index (χ0) is 9.94. The van der Waals surface area contributed by atoms with Crippen molar-refractivity contribution in [3.63, 3.8) is 0 Å². The molecule has 0 rings (SSSR count). The molecule has 0 amide bonds. The van der Waals surface area contributed by atoms with Gasteiger partial charge in [0.1, 0.15) is 0 Å². The van der Waals surface area contributed by atoms with E-state index in [0.717, 1.165) is 13.0 Å². The molecule has 80 valence electrons. The number of unbranched alkanes of at least 4 members (excludes halogenated alkanes) is 3. The molecule has 0 fully saturated rings. The van der Waals surface area contributed by atoms with Gasteiger partial charge in [0.25, 0.3) is 0 Å². The monoisotopic (exact) mass is 189 g/mol. The van der Waals surface area contributed by atoms with Gasteiger partial charge in [-0.25, -0.2) is 0 Å². The normalized spacial score (nSPS) is 13.2. The first-order chi connectivity index (χ1) is 6.31. The van der Waals surface area contributed by atoms with Gasteiger partial charge in [0.2, 0.25) is 0 Å². The average Bonchev–Trinajstić information content (AvgIpc) is 2.11. The van der Waals surface area contributed by atoms with E-state index in [0.29, 0.717) is 13.2 Å². The summed E-state index contributed by atoms with van der Waals surface area (Å²) < 4.78 is 10.3. The van der Waals surface area contributed by atoms with Crippen molar-refractivity contribution >= 4 is 0 Å². The van der Waals surface area contributed by atoms with Gasteiger partial charge in [0, 0.05) is 13.7 Å². The van der Waals surface area contributed by atoms with E-state index in [9.17, 15) is 0 Å². The van der Waals surface area contributed by atoms with E-state index >= 15 is 0 Å². The molecule has 0 saturated heterocycles. The number of methoxy groups -OCH3 is 1. The third kappa shape index (κ3) is 9.80. The van der Waals surface area contributed by atoms with Crippen LogP contribution in [0.15, 0.2) is 0 Å². The standard InChI is InChI=1S/C10H23NO2/c1-3-4-5-6-7-13-9-10(11)8-12-2/h10H,3-9,11H2,1-2H3. The Morgan fingerprint density at radius 1 is 1.15 bits per heavy atom. The van der Waals surface area contributed by atoms with Gasteiger partial charge in [0.05, 0.1) is 19.3 Å². The second-order valence-electron chi connectivity index (χ2n) is 3.35. The van der Waals surface area contributed by atoms with E-state index in [1.165, 1.54) is 19.3 Å². The Balaban J connectivity index is 2.97. The average molecular weight is 189 g/mol. The Kier molecular flexibility index (Phi) is 9.87. The van der Waals surface area contributed by atoms with Crippen LogP contribution in [-0.4, -0.2) is 33.0 Å². The molecule has 0 aromatic heterocycles. The fraction of sp³-hybridized carbons (Fsp3) is 1.00. The minimum absolute atomic E-state index is 0.0242. The summed E-state index contributed by atoms with van der Waals surface area (Å²) in [6, 6.07) is 0.0242. The van der Waals surface area contributed by atoms with Crippen LogP contribution in [-0.2, 0) is 9.47 Å². The zero-order valence-electron chi connectivity index (χ0n) is 8.92. The molecule has 0 saturated carbocycles. The van der Waals surface area contributed by atoms with Crippen molar-refractivity contribution in [1.29, 1.82) is 0 Å². The van der Waals surface area contributed by atoms with Crippen molar-refractivity contribution in [2.45, 2.75) is 38.6 Å². The Morgan fingerprint density at radius 3 is 2.54 bits per heavy atom. The lowest BCUT2D eigenvalue weighted by molar-refractivity contribution is 0.0846. The minimum Gasteiger partial charge on any atom is -0.383 e. The Labute approximate surface area is 81.6 Å². The smallest absolute Gasteiger partial charge is 0.0640 e. The molecule has 0 aromatic carbocycles. The van der Waals surface area contributed by atoms with Gasteiger partial charge < -0.3 is 15.2 Å². The second kappa shape index (κ2) is 9.96. The highest BCUT2D eigenvalue weighted by molar-refractivity contribution is 4.56. The third-order valence-corrected chi connectivity index (χ3v) is 1.85. The minimum atomic E-state index is 0.0242. The maximum atomic E-state index is 5.68. The first kappa shape index (κ1) is 12.9. The summed E-state index contributed by atoms with van der Waals surface area (Å²) in [4.78, 5) is 0. The van der Waals surface area contributed by atoms with Crippen molar-refractivity contribution in [2.24, 2.45) is 5.73 Å². The van der Waals surface area contributed by atoms with Gasteiger partial charge in [-0.15, -0.1) is 0 Å². The maximum Gasteiger partial charge on any atom is 0.0640 e. The summed E-state index contributed by atoms with van der Waals surface area (Å²) in [7, 11) is 1.65. The van der Waals surface area contributed by atoms with E-state index < -0.39 is 0 Å². The first-order valence-corrected chi connectivity index (χ1v) is 5.13. The Morgan fingerprint density at radius 2 is 1.92 bits per heavy atom. The molecular formula is C10H23NO2. The summed E-state index contributed by atoms with van der Waals surface area (Å²) in [6.45, 7) is 4.22. The lowest BCUT2D eigenvalue weighted by Crippen LogP contribution is -2.31. The van der Waals surface area contributed by atoms with Crippen molar-refractivity contribution in [3.05, 3.63) is 0 Å². The molecule has 0 aliphatic carbocycles. The first-order valence-electron chi connectivity index (χ1n) is 5.13. The van der Waals surface area contributed by atoms with Crippen molar-refractivity contribution in [1.82, 2.24) is 0 Å². The SMILES string of the molecule is CCCCCCOCC(N)COC. The fourth-order valence-electron chi connectivity index (χ4n) is 1.13. The van der Waals surface area contributed by atoms with Crippen LogP contribution in [0.5, 0.6) is 0 Å². The lowest BCUT2D eigenvalue weighted by atomic mass is 10.2. The Bertz CT molecular complexity index is 98.9. The van der Waals surface area contributed by atoms with Gasteiger partial charge >= 0.3 is 0 Å². The molecule has 0 spiro atoms. The predicted octanol–water partition coefficient (Wildman–Crippen LogP) is 1.56. The topological polar surface area (TPSA) is 44.5 Å². The van der Waals surface area contributed by atoms with E-state index in [4.69, 9.17) is 15.2 Å². The van der Waals surface area contributed by atoms with Gasteiger partial charge in [-0.3, -0.25) is 0 Å². The number of hydrogen-bond acceptors (Lipinski definition) is 3. The van der Waals surface area contributed by atoms with Crippen LogP contribution in [0.3, 0.4) is 0 Å². The molecule has 2 N–H and O–H groups in total. The largest absolute Gasteiger partial charge is 0.383 e. The molecule has 0 radical (unpaired) electrons.